The molecular formula is C5H13NO2. The Morgan fingerprint density at radius 3 is 2.00 bits per heavy atom. The van der Waals surface area contributed by atoms with Crippen LogP contribution < -0.4 is 5.73 Å². The first kappa shape index (κ1) is 7.88. The van der Waals surface area contributed by atoms with Crippen LogP contribution in [0.4, 0.5) is 0 Å². The van der Waals surface area contributed by atoms with Gasteiger partial charge in [0.2, 0.25) is 0 Å². The fourth-order valence-corrected chi connectivity index (χ4v) is 0.235. The Kier molecular flexibility index (Phi) is 2.40. The summed E-state index contributed by atoms with van der Waals surface area (Å²) in [4.78, 5) is 0. The van der Waals surface area contributed by atoms with Gasteiger partial charge in [0.25, 0.3) is 0 Å². The number of hydrogen-bond donors (Lipinski definition) is 3. The molecule has 0 aliphatic heterocycles. The van der Waals surface area contributed by atoms with Crippen LogP contribution in [0.2, 0.25) is 0 Å². The molecule has 0 aromatic carbocycles. The fourth-order valence-electron chi connectivity index (χ4n) is 0.235. The third kappa shape index (κ3) is 2.26. The van der Waals surface area contributed by atoms with Crippen LogP contribution in [0.5, 0.6) is 0 Å². The predicted octanol–water partition coefficient (Wildman–Crippen LogP) is -0.923. The van der Waals surface area contributed by atoms with Crippen LogP contribution in [0.25, 0.3) is 0 Å². The van der Waals surface area contributed by atoms with Crippen LogP contribution in [0.1, 0.15) is 13.8 Å². The van der Waals surface area contributed by atoms with Crippen LogP contribution in [0, 0.1) is 0 Å². The lowest BCUT2D eigenvalue weighted by atomic mass is 10.0. The standard InChI is InChI=1S/C5H13NO2/c1-5(2,6)4(8)3-7/h4,7-8H,3,6H2,1-2H3. The average molecular weight is 119 g/mol. The average Bonchev–Trinajstić information content (AvgIpc) is 1.62. The van der Waals surface area contributed by atoms with E-state index >= 15 is 0 Å². The van der Waals surface area contributed by atoms with Crippen molar-refractivity contribution in [3.63, 3.8) is 0 Å². The van der Waals surface area contributed by atoms with Gasteiger partial charge in [-0.05, 0) is 13.8 Å². The molecule has 50 valence electrons. The molecule has 0 bridgehead atoms. The molecule has 1 unspecified atom stereocenters. The Bertz CT molecular complexity index is 67.3. The zero-order valence-electron chi connectivity index (χ0n) is 5.26. The van der Waals surface area contributed by atoms with Gasteiger partial charge in [0.05, 0.1) is 12.7 Å². The minimum Gasteiger partial charge on any atom is -0.394 e. The van der Waals surface area contributed by atoms with E-state index in [1.165, 1.54) is 0 Å². The van der Waals surface area contributed by atoms with Crippen molar-refractivity contribution < 1.29 is 10.2 Å². The van der Waals surface area contributed by atoms with E-state index in [0.29, 0.717) is 0 Å². The summed E-state index contributed by atoms with van der Waals surface area (Å²) >= 11 is 0. The third-order valence-corrected chi connectivity index (χ3v) is 1.03. The molecule has 0 aliphatic carbocycles. The maximum atomic E-state index is 8.82. The summed E-state index contributed by atoms with van der Waals surface area (Å²) in [7, 11) is 0. The van der Waals surface area contributed by atoms with Crippen molar-refractivity contribution in [1.82, 2.24) is 0 Å². The highest BCUT2D eigenvalue weighted by molar-refractivity contribution is 4.80. The Labute approximate surface area is 49.1 Å². The van der Waals surface area contributed by atoms with Crippen LogP contribution in [0.15, 0.2) is 0 Å². The maximum Gasteiger partial charge on any atom is 0.0944 e. The molecule has 0 saturated heterocycles. The number of rotatable bonds is 2. The summed E-state index contributed by atoms with van der Waals surface area (Å²) in [5.41, 5.74) is 4.69. The van der Waals surface area contributed by atoms with E-state index in [1.54, 1.807) is 13.8 Å². The highest BCUT2D eigenvalue weighted by Crippen LogP contribution is 2.02. The molecule has 0 aliphatic rings. The highest BCUT2D eigenvalue weighted by atomic mass is 16.3. The number of aliphatic hydroxyl groups is 2. The second-order valence-corrected chi connectivity index (χ2v) is 2.52. The Morgan fingerprint density at radius 1 is 1.62 bits per heavy atom. The second kappa shape index (κ2) is 2.44. The quantitative estimate of drug-likeness (QED) is 0.440. The van der Waals surface area contributed by atoms with Gasteiger partial charge in [-0.1, -0.05) is 0 Å². The van der Waals surface area contributed by atoms with E-state index in [9.17, 15) is 0 Å². The minimum absolute atomic E-state index is 0.274. The molecule has 0 rings (SSSR count). The largest absolute Gasteiger partial charge is 0.394 e. The monoisotopic (exact) mass is 119 g/mol. The molecule has 0 aromatic rings. The molecule has 0 aromatic heterocycles. The smallest absolute Gasteiger partial charge is 0.0944 e. The first-order valence-corrected chi connectivity index (χ1v) is 2.56. The van der Waals surface area contributed by atoms with Gasteiger partial charge in [-0.3, -0.25) is 0 Å². The van der Waals surface area contributed by atoms with Crippen molar-refractivity contribution in [3.05, 3.63) is 0 Å². The lowest BCUT2D eigenvalue weighted by Crippen LogP contribution is -2.46. The van der Waals surface area contributed by atoms with Gasteiger partial charge in [-0.15, -0.1) is 0 Å². The van der Waals surface area contributed by atoms with Gasteiger partial charge < -0.3 is 15.9 Å². The van der Waals surface area contributed by atoms with Crippen molar-refractivity contribution >= 4 is 0 Å². The molecule has 0 amide bonds. The molecule has 3 heteroatoms. The van der Waals surface area contributed by atoms with Crippen molar-refractivity contribution in [3.8, 4) is 0 Å². The Balaban J connectivity index is 3.62. The van der Waals surface area contributed by atoms with Gasteiger partial charge in [0.15, 0.2) is 0 Å². The maximum absolute atomic E-state index is 8.82. The zero-order valence-corrected chi connectivity index (χ0v) is 5.26. The molecule has 0 radical (unpaired) electrons. The van der Waals surface area contributed by atoms with E-state index in [0.717, 1.165) is 0 Å². The van der Waals surface area contributed by atoms with Crippen LogP contribution in [-0.2, 0) is 0 Å². The summed E-state index contributed by atoms with van der Waals surface area (Å²) in [6.07, 6.45) is -0.817. The van der Waals surface area contributed by atoms with Crippen molar-refractivity contribution in [2.75, 3.05) is 6.61 Å². The summed E-state index contributed by atoms with van der Waals surface area (Å²) in [6.45, 7) is 3.05. The molecule has 0 heterocycles. The van der Waals surface area contributed by atoms with E-state index in [-0.39, 0.29) is 6.61 Å². The van der Waals surface area contributed by atoms with Crippen molar-refractivity contribution in [2.24, 2.45) is 5.73 Å². The summed E-state index contributed by atoms with van der Waals surface area (Å²) in [5, 5.41) is 17.2. The van der Waals surface area contributed by atoms with E-state index < -0.39 is 11.6 Å². The molecular weight excluding hydrogens is 106 g/mol. The lowest BCUT2D eigenvalue weighted by Gasteiger charge is -2.23. The highest BCUT2D eigenvalue weighted by Gasteiger charge is 2.20. The van der Waals surface area contributed by atoms with Gasteiger partial charge in [-0.25, -0.2) is 0 Å². The first-order chi connectivity index (χ1) is 3.48. The second-order valence-electron chi connectivity index (χ2n) is 2.52. The molecule has 0 saturated carbocycles. The van der Waals surface area contributed by atoms with E-state index in [2.05, 4.69) is 0 Å². The summed E-state index contributed by atoms with van der Waals surface area (Å²) < 4.78 is 0. The Morgan fingerprint density at radius 2 is 2.00 bits per heavy atom. The number of aliphatic hydroxyl groups excluding tert-OH is 2. The molecule has 0 spiro atoms. The van der Waals surface area contributed by atoms with Gasteiger partial charge in [0, 0.05) is 5.54 Å². The van der Waals surface area contributed by atoms with Crippen LogP contribution in [0.3, 0.4) is 0 Å². The fraction of sp³-hybridized carbons (Fsp3) is 1.00. The van der Waals surface area contributed by atoms with Gasteiger partial charge in [0.1, 0.15) is 0 Å². The van der Waals surface area contributed by atoms with Crippen LogP contribution in [-0.4, -0.2) is 28.5 Å². The molecule has 8 heavy (non-hydrogen) atoms. The van der Waals surface area contributed by atoms with Crippen molar-refractivity contribution in [2.45, 2.75) is 25.5 Å². The first-order valence-electron chi connectivity index (χ1n) is 2.56. The zero-order chi connectivity index (χ0) is 6.78. The molecule has 4 N–H and O–H groups in total. The SMILES string of the molecule is CC(C)(N)C(O)CO. The van der Waals surface area contributed by atoms with E-state index in [1.807, 2.05) is 0 Å². The molecule has 0 fully saturated rings. The normalized spacial score (nSPS) is 16.1. The van der Waals surface area contributed by atoms with Crippen LogP contribution >= 0.6 is 0 Å². The minimum atomic E-state index is -0.817. The van der Waals surface area contributed by atoms with Gasteiger partial charge >= 0.3 is 0 Å². The summed E-state index contributed by atoms with van der Waals surface area (Å²) in [6, 6.07) is 0. The Hall–Kier alpha value is -0.120. The topological polar surface area (TPSA) is 66.5 Å². The van der Waals surface area contributed by atoms with Crippen molar-refractivity contribution in [1.29, 1.82) is 0 Å². The number of hydrogen-bond acceptors (Lipinski definition) is 3. The summed E-state index contributed by atoms with van der Waals surface area (Å²) in [5.74, 6) is 0. The third-order valence-electron chi connectivity index (χ3n) is 1.03. The van der Waals surface area contributed by atoms with E-state index in [4.69, 9.17) is 15.9 Å². The van der Waals surface area contributed by atoms with Gasteiger partial charge in [-0.2, -0.15) is 0 Å². The molecule has 3 nitrogen and oxygen atoms in total. The molecule has 1 atom stereocenters. The number of nitrogens with two attached hydrogens (primary N) is 1. The predicted molar refractivity (Wildman–Crippen MR) is 31.4 cm³/mol. The lowest BCUT2D eigenvalue weighted by molar-refractivity contribution is 0.0449.